The predicted octanol–water partition coefficient (Wildman–Crippen LogP) is 17.0. The van der Waals surface area contributed by atoms with Crippen LogP contribution in [-0.2, 0) is 46.7 Å². The van der Waals surface area contributed by atoms with Gasteiger partial charge in [-0.2, -0.15) is 0 Å². The molecule has 6 aliphatic rings. The van der Waals surface area contributed by atoms with Gasteiger partial charge in [0.15, 0.2) is 0 Å². The third-order valence-electron chi connectivity index (χ3n) is 18.2. The number of aromatic nitrogens is 3. The van der Waals surface area contributed by atoms with Gasteiger partial charge in [0.2, 0.25) is 0 Å². The van der Waals surface area contributed by atoms with Gasteiger partial charge in [-0.3, -0.25) is 19.7 Å². The fourth-order valence-electron chi connectivity index (χ4n) is 14.0. The van der Waals surface area contributed by atoms with Crippen molar-refractivity contribution in [1.82, 2.24) is 27.9 Å². The van der Waals surface area contributed by atoms with Crippen molar-refractivity contribution in [3.05, 3.63) is 204 Å². The molecule has 3 aliphatic heterocycles. The number of nitrogens with zero attached hydrogens (tertiary/aromatic N) is 6. The molecule has 0 amide bonds. The second-order valence-electron chi connectivity index (χ2n) is 23.9. The van der Waals surface area contributed by atoms with Crippen molar-refractivity contribution in [2.75, 3.05) is 80.4 Å². The Morgan fingerprint density at radius 3 is 1.31 bits per heavy atom. The molecule has 1 N–H and O–H groups in total. The van der Waals surface area contributed by atoms with Crippen LogP contribution < -0.4 is 0 Å². The van der Waals surface area contributed by atoms with E-state index in [0.29, 0.717) is 53.9 Å². The number of fused-ring (bicyclic) bond motifs is 6. The van der Waals surface area contributed by atoms with Crippen molar-refractivity contribution >= 4 is 118 Å². The molecule has 6 aromatic rings. The van der Waals surface area contributed by atoms with Gasteiger partial charge in [-0.25, -0.2) is 32.4 Å². The number of pyridine rings is 3. The molecule has 0 bridgehead atoms. The van der Waals surface area contributed by atoms with Crippen LogP contribution in [0, 0.1) is 17.8 Å². The predicted molar refractivity (Wildman–Crippen MR) is 384 cm³/mol. The zero-order chi connectivity index (χ0) is 67.3. The normalized spacial score (nSPS) is 19.1. The van der Waals surface area contributed by atoms with Crippen molar-refractivity contribution in [3.8, 4) is 0 Å². The van der Waals surface area contributed by atoms with E-state index in [4.69, 9.17) is 86.9 Å². The Kier molecular flexibility index (Phi) is 28.3. The summed E-state index contributed by atoms with van der Waals surface area (Å²) in [6, 6.07) is 30.7. The van der Waals surface area contributed by atoms with Gasteiger partial charge in [-0.15, -0.1) is 13.0 Å². The molecule has 6 heterocycles. The fraction of sp³-hybridized carbons (Fsp3) is 0.411. The highest BCUT2D eigenvalue weighted by atomic mass is 35.5. The summed E-state index contributed by atoms with van der Waals surface area (Å²) in [6.07, 6.45) is 24.0. The van der Waals surface area contributed by atoms with Crippen LogP contribution in [0.3, 0.4) is 0 Å². The van der Waals surface area contributed by atoms with Crippen LogP contribution in [0.4, 0.5) is 0 Å². The summed E-state index contributed by atoms with van der Waals surface area (Å²) in [4.78, 5) is 52.9. The molecular weight excluding hydrogens is 1340 g/mol. The number of benzene rings is 3. The average Bonchev–Trinajstić information content (AvgIpc) is 1.60. The molecule has 3 aliphatic carbocycles. The summed E-state index contributed by atoms with van der Waals surface area (Å²) in [5.74, 6) is 1.25. The molecule has 3 aromatic carbocycles. The Morgan fingerprint density at radius 2 is 0.917 bits per heavy atom. The Bertz CT molecular complexity index is 3710. The van der Waals surface area contributed by atoms with Crippen LogP contribution in [0.2, 0.25) is 15.1 Å². The van der Waals surface area contributed by atoms with Crippen molar-refractivity contribution in [3.63, 3.8) is 0 Å². The van der Waals surface area contributed by atoms with E-state index in [1.807, 2.05) is 80.1 Å². The number of ether oxygens (including phenoxy) is 2. The Hall–Kier alpha value is -5.47. The monoisotopic (exact) mass is 1420 g/mol. The van der Waals surface area contributed by atoms with E-state index in [-0.39, 0.29) is 36.3 Å². The molecule has 0 radical (unpaired) electrons. The van der Waals surface area contributed by atoms with Crippen LogP contribution in [-0.4, -0.2) is 125 Å². The molecule has 3 atom stereocenters. The topological polar surface area (TPSA) is 177 Å². The molecular formula is C73H83Cl3N6O11S3. The maximum atomic E-state index is 12.1. The van der Waals surface area contributed by atoms with Gasteiger partial charge >= 0.3 is 11.9 Å². The molecule has 3 unspecified atom stereocenters. The van der Waals surface area contributed by atoms with E-state index in [0.717, 1.165) is 152 Å². The van der Waals surface area contributed by atoms with E-state index in [2.05, 4.69) is 73.6 Å². The summed E-state index contributed by atoms with van der Waals surface area (Å²) in [5, 5.41) is 11.5. The van der Waals surface area contributed by atoms with Crippen molar-refractivity contribution < 1.29 is 51.8 Å². The van der Waals surface area contributed by atoms with Crippen molar-refractivity contribution in [2.24, 2.45) is 17.8 Å². The third kappa shape index (κ3) is 19.1. The summed E-state index contributed by atoms with van der Waals surface area (Å²) < 4.78 is 31.9. The Morgan fingerprint density at radius 1 is 0.531 bits per heavy atom. The van der Waals surface area contributed by atoms with Crippen LogP contribution in [0.1, 0.15) is 163 Å². The van der Waals surface area contributed by atoms with E-state index >= 15 is 0 Å². The first kappa shape index (κ1) is 73.3. The second-order valence-corrected chi connectivity index (χ2v) is 27.7. The molecule has 23 heteroatoms. The number of carbonyl (C=O) groups is 2. The summed E-state index contributed by atoms with van der Waals surface area (Å²) in [7, 11) is 4.55. The molecule has 96 heavy (non-hydrogen) atoms. The van der Waals surface area contributed by atoms with Crippen molar-refractivity contribution in [2.45, 2.75) is 95.8 Å². The van der Waals surface area contributed by atoms with E-state index in [1.54, 1.807) is 6.92 Å². The van der Waals surface area contributed by atoms with Gasteiger partial charge in [0, 0.05) is 115 Å². The molecule has 0 saturated carbocycles. The largest absolute Gasteiger partial charge is 0.466 e. The third-order valence-corrected chi connectivity index (χ3v) is 21.3. The zero-order valence-corrected chi connectivity index (χ0v) is 59.5. The standard InChI is InChI=1S/C25H29ClN2O4S.C25H27ClN2O4S.C23H27ClN2O3S/c2*1-3-31-23(29)9-6-18-15-19-16-20(26)7-8-21(19)24(25-22(18)5-4-12-27-25)17-10-13-28(14-11-17)33-32-30-2;1-28-29-30-26-11-8-16(9-12-26)22-20-7-6-19(24)15-18(20)14-17(4-3-13-27)21-5-2-10-25-23(21)22/h4-5,7-8,12,15-17,24H,3,6,9-11,13-14H2,1-2H3;4-9,12,15-17,24H,3,10-11,13-14H2,1-2H3;2,5-7,10,14-16,22,27H,3-4,8-9,11-13H2,1H3/b;9-6+;. The average molecular weight is 1420 g/mol. The maximum absolute atomic E-state index is 12.1. The van der Waals surface area contributed by atoms with Gasteiger partial charge < -0.3 is 14.6 Å². The second kappa shape index (κ2) is 37.1. The smallest absolute Gasteiger partial charge is 0.330 e. The molecule has 0 spiro atoms. The highest BCUT2D eigenvalue weighted by Crippen LogP contribution is 2.50. The highest BCUT2D eigenvalue weighted by molar-refractivity contribution is 7.92. The SMILES string of the molecule is CCOC(=O)/C=C/C1=Cc2cc(Cl)ccc2C(C2CCN(SOOC)CC2)c2ncccc21.CCOC(=O)CCC1=Cc2cc(Cl)ccc2C(C2CCN(SOOC)CC2)c2ncccc21.COOSN1CCC(C2c3ccc(Cl)cc3C=C(CCCO)c3cccnc32)CC1. The van der Waals surface area contributed by atoms with Crippen LogP contribution >= 0.6 is 71.5 Å². The minimum Gasteiger partial charge on any atom is -0.466 e. The first-order valence-corrected chi connectivity index (χ1v) is 36.0. The highest BCUT2D eigenvalue weighted by Gasteiger charge is 2.38. The molecule has 510 valence electrons. The fourth-order valence-corrected chi connectivity index (χ4v) is 16.1. The minimum atomic E-state index is -0.362. The number of hydrogen-bond donors (Lipinski definition) is 1. The maximum Gasteiger partial charge on any atom is 0.330 e. The quantitative estimate of drug-likeness (QED) is 0.0169. The number of hydrogen-bond acceptors (Lipinski definition) is 20. The lowest BCUT2D eigenvalue weighted by Gasteiger charge is -2.35. The Balaban J connectivity index is 0.000000157. The number of piperidine rings is 3. The van der Waals surface area contributed by atoms with Crippen molar-refractivity contribution in [1.29, 1.82) is 0 Å². The number of carbonyl (C=O) groups excluding carboxylic acids is 2. The number of halogens is 3. The van der Waals surface area contributed by atoms with E-state index in [9.17, 15) is 14.7 Å². The van der Waals surface area contributed by atoms with Crippen LogP contribution in [0.25, 0.3) is 34.9 Å². The van der Waals surface area contributed by atoms with Gasteiger partial charge in [0.25, 0.3) is 0 Å². The lowest BCUT2D eigenvalue weighted by Crippen LogP contribution is -2.32. The summed E-state index contributed by atoms with van der Waals surface area (Å²) in [5.41, 5.74) is 16.9. The first-order valence-electron chi connectivity index (χ1n) is 32.8. The Labute approximate surface area is 592 Å². The minimum absolute atomic E-state index is 0.119. The summed E-state index contributed by atoms with van der Waals surface area (Å²) >= 11 is 23.0. The summed E-state index contributed by atoms with van der Waals surface area (Å²) in [6.45, 7) is 10.0. The number of rotatable bonds is 22. The van der Waals surface area contributed by atoms with Crippen LogP contribution in [0.15, 0.2) is 122 Å². The molecule has 12 rings (SSSR count). The van der Waals surface area contributed by atoms with Gasteiger partial charge in [-0.05, 0) is 217 Å². The van der Waals surface area contributed by atoms with E-state index < -0.39 is 0 Å². The number of aliphatic hydroxyl groups is 1. The molecule has 3 aromatic heterocycles. The first-order chi connectivity index (χ1) is 46.9. The van der Waals surface area contributed by atoms with Gasteiger partial charge in [-0.1, -0.05) is 83.4 Å². The lowest BCUT2D eigenvalue weighted by atomic mass is 9.76. The van der Waals surface area contributed by atoms with Crippen LogP contribution in [0.5, 0.6) is 0 Å². The zero-order valence-electron chi connectivity index (χ0n) is 54.7. The number of allylic oxidation sites excluding steroid dienone is 4. The van der Waals surface area contributed by atoms with E-state index in [1.165, 1.54) is 91.9 Å². The lowest BCUT2D eigenvalue weighted by molar-refractivity contribution is -0.164. The molecule has 17 nitrogen and oxygen atoms in total. The van der Waals surface area contributed by atoms with Gasteiger partial charge in [0.1, 0.15) is 36.7 Å². The molecule has 3 fully saturated rings. The van der Waals surface area contributed by atoms with Gasteiger partial charge in [0.05, 0.1) is 51.6 Å². The number of esters is 2. The number of aliphatic hydroxyl groups excluding tert-OH is 1. The molecule has 3 saturated heterocycles.